The summed E-state index contributed by atoms with van der Waals surface area (Å²) in [5, 5.41) is 3.83. The third-order valence-corrected chi connectivity index (χ3v) is 3.39. The Morgan fingerprint density at radius 1 is 1.09 bits per heavy atom. The first-order valence-corrected chi connectivity index (χ1v) is 6.60. The minimum atomic E-state index is -0.636. The van der Waals surface area contributed by atoms with Gasteiger partial charge in [0.15, 0.2) is 0 Å². The number of nitrogens with zero attached hydrogens (tertiary/aromatic N) is 1. The van der Waals surface area contributed by atoms with Crippen molar-refractivity contribution in [3.05, 3.63) is 59.2 Å². The lowest BCUT2D eigenvalue weighted by Gasteiger charge is -2.14. The smallest absolute Gasteiger partial charge is 0.428 e. The predicted octanol–water partition coefficient (Wildman–Crippen LogP) is 3.38. The maximum atomic E-state index is 14.3. The first kappa shape index (κ1) is 14.2. The molecule has 2 aromatic carbocycles. The number of cyclic esters (lactones) is 1. The summed E-state index contributed by atoms with van der Waals surface area (Å²) < 4.78 is 32.4. The van der Waals surface area contributed by atoms with E-state index in [4.69, 9.17) is 4.74 Å². The van der Waals surface area contributed by atoms with Gasteiger partial charge in [-0.05, 0) is 36.2 Å². The molecule has 1 heterocycles. The lowest BCUT2D eigenvalue weighted by molar-refractivity contribution is 0.157. The molecule has 6 heteroatoms. The van der Waals surface area contributed by atoms with Crippen molar-refractivity contribution < 1.29 is 18.3 Å². The van der Waals surface area contributed by atoms with E-state index in [1.807, 2.05) is 0 Å². The van der Waals surface area contributed by atoms with E-state index in [1.54, 1.807) is 25.1 Å². The number of carbonyl (C=O) groups is 1. The van der Waals surface area contributed by atoms with Gasteiger partial charge >= 0.3 is 6.09 Å². The lowest BCUT2D eigenvalue weighted by atomic mass is 10.00. The van der Waals surface area contributed by atoms with Gasteiger partial charge in [0.1, 0.15) is 24.0 Å². The molecule has 0 spiro atoms. The summed E-state index contributed by atoms with van der Waals surface area (Å²) in [5.74, 6) is -0.784. The fraction of sp³-hybridized carbons (Fsp3) is 0.125. The normalized spacial score (nSPS) is 14.1. The number of amides is 1. The van der Waals surface area contributed by atoms with Crippen LogP contribution in [0.1, 0.15) is 11.1 Å². The van der Waals surface area contributed by atoms with Crippen LogP contribution in [-0.4, -0.2) is 18.4 Å². The van der Waals surface area contributed by atoms with Crippen LogP contribution in [0.25, 0.3) is 11.1 Å². The lowest BCUT2D eigenvalue weighted by Crippen LogP contribution is -2.30. The van der Waals surface area contributed by atoms with Gasteiger partial charge in [-0.3, -0.25) is 0 Å². The Bertz CT molecular complexity index is 788. The van der Waals surface area contributed by atoms with E-state index in [9.17, 15) is 13.6 Å². The molecular weight excluding hydrogens is 290 g/mol. The zero-order valence-electron chi connectivity index (χ0n) is 11.7. The van der Waals surface area contributed by atoms with Gasteiger partial charge < -0.3 is 4.74 Å². The Balaban J connectivity index is 1.95. The van der Waals surface area contributed by atoms with Crippen molar-refractivity contribution >= 4 is 11.8 Å². The fourth-order valence-corrected chi connectivity index (χ4v) is 2.20. The molecule has 0 aromatic heterocycles. The van der Waals surface area contributed by atoms with E-state index < -0.39 is 11.9 Å². The number of carbonyl (C=O) groups excluding carboxylic acids is 1. The number of halogens is 2. The number of hydrogen-bond acceptors (Lipinski definition) is 3. The summed E-state index contributed by atoms with van der Waals surface area (Å²) in [6.07, 6.45) is -0.636. The average Bonchev–Trinajstić information content (AvgIpc) is 2.51. The number of hydrazone groups is 1. The summed E-state index contributed by atoms with van der Waals surface area (Å²) in [5.41, 5.74) is 4.53. The zero-order chi connectivity index (χ0) is 15.7. The van der Waals surface area contributed by atoms with E-state index >= 15 is 0 Å². The first-order chi connectivity index (χ1) is 10.5. The Morgan fingerprint density at radius 2 is 1.86 bits per heavy atom. The molecule has 0 radical (unpaired) electrons. The molecule has 4 nitrogen and oxygen atoms in total. The molecular formula is C16H12F2N2O2. The molecule has 1 aliphatic rings. The van der Waals surface area contributed by atoms with Crippen molar-refractivity contribution in [2.75, 3.05) is 6.61 Å². The Hall–Kier alpha value is -2.76. The van der Waals surface area contributed by atoms with E-state index in [1.165, 1.54) is 18.2 Å². The maximum absolute atomic E-state index is 14.3. The second kappa shape index (κ2) is 5.55. The van der Waals surface area contributed by atoms with Crippen LogP contribution in [0.15, 0.2) is 41.5 Å². The maximum Gasteiger partial charge on any atom is 0.428 e. The molecule has 0 bridgehead atoms. The third-order valence-electron chi connectivity index (χ3n) is 3.39. The SMILES string of the molecule is Cc1cc(-c2ccc(C3=NNC(=O)OC3)cc2F)ccc1F. The second-order valence-electron chi connectivity index (χ2n) is 4.91. The van der Waals surface area contributed by atoms with Crippen LogP contribution in [0.3, 0.4) is 0 Å². The van der Waals surface area contributed by atoms with Crippen molar-refractivity contribution in [3.63, 3.8) is 0 Å². The Morgan fingerprint density at radius 3 is 2.50 bits per heavy atom. The number of hydrogen-bond donors (Lipinski definition) is 1. The van der Waals surface area contributed by atoms with Gasteiger partial charge in [-0.1, -0.05) is 18.2 Å². The van der Waals surface area contributed by atoms with Gasteiger partial charge in [0.25, 0.3) is 0 Å². The van der Waals surface area contributed by atoms with Crippen molar-refractivity contribution in [2.45, 2.75) is 6.92 Å². The van der Waals surface area contributed by atoms with Crippen LogP contribution in [0, 0.1) is 18.6 Å². The second-order valence-corrected chi connectivity index (χ2v) is 4.91. The molecule has 112 valence electrons. The van der Waals surface area contributed by atoms with Crippen LogP contribution >= 0.6 is 0 Å². The molecule has 0 unspecified atom stereocenters. The molecule has 1 aliphatic heterocycles. The van der Waals surface area contributed by atoms with Gasteiger partial charge in [0.05, 0.1) is 0 Å². The summed E-state index contributed by atoms with van der Waals surface area (Å²) in [6.45, 7) is 1.61. The highest BCUT2D eigenvalue weighted by Gasteiger charge is 2.16. The summed E-state index contributed by atoms with van der Waals surface area (Å²) >= 11 is 0. The number of ether oxygens (including phenoxy) is 1. The highest BCUT2D eigenvalue weighted by atomic mass is 19.1. The molecule has 0 aliphatic carbocycles. The van der Waals surface area contributed by atoms with Gasteiger partial charge in [-0.25, -0.2) is 19.0 Å². The zero-order valence-corrected chi connectivity index (χ0v) is 11.7. The number of rotatable bonds is 2. The number of nitrogens with one attached hydrogen (secondary N) is 1. The van der Waals surface area contributed by atoms with Gasteiger partial charge in [0, 0.05) is 11.1 Å². The van der Waals surface area contributed by atoms with Gasteiger partial charge in [-0.15, -0.1) is 0 Å². The van der Waals surface area contributed by atoms with E-state index in [0.717, 1.165) is 0 Å². The van der Waals surface area contributed by atoms with Gasteiger partial charge in [0.2, 0.25) is 0 Å². The van der Waals surface area contributed by atoms with Crippen molar-refractivity contribution in [3.8, 4) is 11.1 Å². The third kappa shape index (κ3) is 2.67. The minimum Gasteiger partial charge on any atom is -0.442 e. The molecule has 3 rings (SSSR count). The molecule has 0 fully saturated rings. The van der Waals surface area contributed by atoms with Crippen molar-refractivity contribution in [2.24, 2.45) is 5.10 Å². The van der Waals surface area contributed by atoms with Gasteiger partial charge in [-0.2, -0.15) is 5.10 Å². The quantitative estimate of drug-likeness (QED) is 0.924. The summed E-state index contributed by atoms with van der Waals surface area (Å²) in [4.78, 5) is 10.9. The van der Waals surface area contributed by atoms with E-state index in [-0.39, 0.29) is 12.4 Å². The molecule has 1 N–H and O–H groups in total. The molecule has 0 saturated heterocycles. The molecule has 22 heavy (non-hydrogen) atoms. The van der Waals surface area contributed by atoms with Crippen LogP contribution in [0.5, 0.6) is 0 Å². The number of aryl methyl sites for hydroxylation is 1. The topological polar surface area (TPSA) is 50.7 Å². The predicted molar refractivity (Wildman–Crippen MR) is 77.6 cm³/mol. The highest BCUT2D eigenvalue weighted by molar-refractivity contribution is 6.03. The monoisotopic (exact) mass is 302 g/mol. The van der Waals surface area contributed by atoms with Crippen molar-refractivity contribution in [1.82, 2.24) is 5.43 Å². The van der Waals surface area contributed by atoms with Crippen molar-refractivity contribution in [1.29, 1.82) is 0 Å². The van der Waals surface area contributed by atoms with Crippen LogP contribution in [-0.2, 0) is 4.74 Å². The van der Waals surface area contributed by atoms with Crippen LogP contribution in [0.4, 0.5) is 13.6 Å². The Kier molecular flexibility index (Phi) is 3.58. The Labute approximate surface area is 125 Å². The highest BCUT2D eigenvalue weighted by Crippen LogP contribution is 2.26. The minimum absolute atomic E-state index is 0.0136. The summed E-state index contributed by atoms with van der Waals surface area (Å²) in [7, 11) is 0. The van der Waals surface area contributed by atoms with Crippen LogP contribution < -0.4 is 5.43 Å². The number of benzene rings is 2. The molecule has 1 amide bonds. The fourth-order valence-electron chi connectivity index (χ4n) is 2.20. The van der Waals surface area contributed by atoms with E-state index in [2.05, 4.69) is 10.5 Å². The largest absolute Gasteiger partial charge is 0.442 e. The molecule has 0 atom stereocenters. The average molecular weight is 302 g/mol. The standard InChI is InChI=1S/C16H12F2N2O2/c1-9-6-10(3-5-13(9)17)12-4-2-11(7-14(12)18)15-8-22-16(21)20-19-15/h2-7H,8H2,1H3,(H,20,21). The first-order valence-electron chi connectivity index (χ1n) is 6.60. The van der Waals surface area contributed by atoms with Crippen LogP contribution in [0.2, 0.25) is 0 Å². The summed E-state index contributed by atoms with van der Waals surface area (Å²) in [6, 6.07) is 9.02. The molecule has 0 saturated carbocycles. The molecule has 2 aromatic rings. The van der Waals surface area contributed by atoms with E-state index in [0.29, 0.717) is 28.0 Å².